The number of hydrazone groups is 1. The molecule has 0 atom stereocenters. The molecule has 1 N–H and O–H groups in total. The van der Waals surface area contributed by atoms with Gasteiger partial charge in [0.05, 0.1) is 16.7 Å². The lowest BCUT2D eigenvalue weighted by Gasteiger charge is -2.06. The molecule has 0 saturated heterocycles. The number of fused-ring (bicyclic) bond motifs is 1. The molecule has 0 unspecified atom stereocenters. The second-order valence-electron chi connectivity index (χ2n) is 6.98. The number of nitrogens with one attached hydrogen (secondary N) is 1. The van der Waals surface area contributed by atoms with E-state index in [-0.39, 0.29) is 24.0 Å². The number of nitro benzene ring substituents is 1. The van der Waals surface area contributed by atoms with Gasteiger partial charge in [-0.25, -0.2) is 10.2 Å². The van der Waals surface area contributed by atoms with E-state index in [1.807, 2.05) is 0 Å². The third-order valence-electron chi connectivity index (χ3n) is 4.56. The molecule has 4 rings (SSSR count). The maximum atomic E-state index is 12.4. The van der Waals surface area contributed by atoms with Gasteiger partial charge >= 0.3 is 11.7 Å². The van der Waals surface area contributed by atoms with Crippen molar-refractivity contribution < 1.29 is 33.5 Å². The van der Waals surface area contributed by atoms with Crippen LogP contribution in [0.1, 0.15) is 15.9 Å². The van der Waals surface area contributed by atoms with E-state index >= 15 is 0 Å². The van der Waals surface area contributed by atoms with Crippen LogP contribution in [-0.4, -0.2) is 36.4 Å². The standard InChI is InChI=1S/C23H16BrN3O8/c24-16-5-7-19(18(10-16)27(30)31)32-12-22(28)26-25-11-14-2-1-3-17(8-14)35-23(29)15-4-6-20-21(9-15)34-13-33-20/h1-11H,12-13H2,(H,26,28). The van der Waals surface area contributed by atoms with Crippen LogP contribution in [0, 0.1) is 10.1 Å². The minimum Gasteiger partial charge on any atom is -0.477 e. The van der Waals surface area contributed by atoms with Gasteiger partial charge in [0.2, 0.25) is 6.79 Å². The molecule has 35 heavy (non-hydrogen) atoms. The molecule has 0 saturated carbocycles. The SMILES string of the molecule is O=C(COc1ccc(Br)cc1[N+](=O)[O-])NN=Cc1cccc(OC(=O)c2ccc3c(c2)OCO3)c1. The number of rotatable bonds is 8. The number of carbonyl (C=O) groups is 2. The molecule has 0 aromatic heterocycles. The Hall–Kier alpha value is -4.45. The van der Waals surface area contributed by atoms with Crippen LogP contribution in [0.5, 0.6) is 23.0 Å². The first-order valence-electron chi connectivity index (χ1n) is 9.99. The highest BCUT2D eigenvalue weighted by atomic mass is 79.9. The van der Waals surface area contributed by atoms with E-state index in [9.17, 15) is 19.7 Å². The summed E-state index contributed by atoms with van der Waals surface area (Å²) in [6, 6.07) is 15.5. The predicted molar refractivity (Wildman–Crippen MR) is 126 cm³/mol. The van der Waals surface area contributed by atoms with E-state index in [1.165, 1.54) is 24.4 Å². The smallest absolute Gasteiger partial charge is 0.343 e. The molecule has 0 bridgehead atoms. The summed E-state index contributed by atoms with van der Waals surface area (Å²) in [5.74, 6) is 0.0499. The first-order valence-corrected chi connectivity index (χ1v) is 10.8. The van der Waals surface area contributed by atoms with Crippen LogP contribution in [0.15, 0.2) is 70.2 Å². The molecule has 3 aromatic rings. The monoisotopic (exact) mass is 541 g/mol. The summed E-state index contributed by atoms with van der Waals surface area (Å²) in [5, 5.41) is 14.9. The van der Waals surface area contributed by atoms with Gasteiger partial charge in [0.15, 0.2) is 23.9 Å². The summed E-state index contributed by atoms with van der Waals surface area (Å²) < 4.78 is 21.6. The number of nitrogens with zero attached hydrogens (tertiary/aromatic N) is 2. The minimum absolute atomic E-state index is 0.0469. The first kappa shape index (κ1) is 23.7. The number of hydrogen-bond acceptors (Lipinski definition) is 9. The lowest BCUT2D eigenvalue weighted by Crippen LogP contribution is -2.24. The molecule has 1 heterocycles. The topological polar surface area (TPSA) is 139 Å². The molecule has 12 heteroatoms. The number of hydrogen-bond donors (Lipinski definition) is 1. The average molecular weight is 542 g/mol. The van der Waals surface area contributed by atoms with E-state index < -0.39 is 23.4 Å². The van der Waals surface area contributed by atoms with Gasteiger partial charge in [-0.2, -0.15) is 5.10 Å². The summed E-state index contributed by atoms with van der Waals surface area (Å²) in [6.07, 6.45) is 1.35. The van der Waals surface area contributed by atoms with Crippen LogP contribution >= 0.6 is 15.9 Å². The molecule has 0 radical (unpaired) electrons. The number of benzene rings is 3. The molecule has 3 aromatic carbocycles. The molecule has 0 fully saturated rings. The minimum atomic E-state index is -0.621. The van der Waals surface area contributed by atoms with Gasteiger partial charge < -0.3 is 18.9 Å². The van der Waals surface area contributed by atoms with Crippen molar-refractivity contribution in [3.05, 3.63) is 86.4 Å². The fourth-order valence-corrected chi connectivity index (χ4v) is 3.31. The third-order valence-corrected chi connectivity index (χ3v) is 5.05. The number of carbonyl (C=O) groups excluding carboxylic acids is 2. The third kappa shape index (κ3) is 6.12. The van der Waals surface area contributed by atoms with Crippen LogP contribution in [-0.2, 0) is 4.79 Å². The Bertz CT molecular complexity index is 1330. The summed E-state index contributed by atoms with van der Waals surface area (Å²) >= 11 is 3.15. The highest BCUT2D eigenvalue weighted by Crippen LogP contribution is 2.33. The van der Waals surface area contributed by atoms with Crippen molar-refractivity contribution in [2.24, 2.45) is 5.10 Å². The molecule has 1 aliphatic rings. The van der Waals surface area contributed by atoms with Crippen molar-refractivity contribution in [2.45, 2.75) is 0 Å². The molecular formula is C23H16BrN3O8. The zero-order chi connectivity index (χ0) is 24.8. The van der Waals surface area contributed by atoms with Gasteiger partial charge in [-0.15, -0.1) is 0 Å². The van der Waals surface area contributed by atoms with Crippen molar-refractivity contribution in [3.63, 3.8) is 0 Å². The predicted octanol–water partition coefficient (Wildman–Crippen LogP) is 3.83. The van der Waals surface area contributed by atoms with E-state index in [2.05, 4.69) is 26.5 Å². The van der Waals surface area contributed by atoms with Gasteiger partial charge in [-0.05, 0) is 48.0 Å². The molecule has 0 aliphatic carbocycles. The molecular weight excluding hydrogens is 526 g/mol. The van der Waals surface area contributed by atoms with Crippen molar-refractivity contribution in [2.75, 3.05) is 13.4 Å². The largest absolute Gasteiger partial charge is 0.477 e. The van der Waals surface area contributed by atoms with Gasteiger partial charge in [0.25, 0.3) is 5.91 Å². The maximum absolute atomic E-state index is 12.4. The highest BCUT2D eigenvalue weighted by molar-refractivity contribution is 9.10. The zero-order valence-corrected chi connectivity index (χ0v) is 19.4. The van der Waals surface area contributed by atoms with Gasteiger partial charge in [-0.1, -0.05) is 28.1 Å². The number of nitro groups is 1. The Morgan fingerprint density at radius 3 is 2.77 bits per heavy atom. The second-order valence-corrected chi connectivity index (χ2v) is 7.90. The Balaban J connectivity index is 1.31. The van der Waals surface area contributed by atoms with Crippen LogP contribution in [0.3, 0.4) is 0 Å². The average Bonchev–Trinajstić information content (AvgIpc) is 3.31. The van der Waals surface area contributed by atoms with Crippen molar-refractivity contribution in [3.8, 4) is 23.0 Å². The van der Waals surface area contributed by atoms with Gasteiger partial charge in [0, 0.05) is 10.5 Å². The van der Waals surface area contributed by atoms with E-state index in [0.717, 1.165) is 0 Å². The quantitative estimate of drug-likeness (QED) is 0.149. The number of esters is 1. The molecule has 1 aliphatic heterocycles. The fraction of sp³-hybridized carbons (Fsp3) is 0.0870. The Morgan fingerprint density at radius 1 is 1.11 bits per heavy atom. The number of halogens is 1. The lowest BCUT2D eigenvalue weighted by atomic mass is 10.2. The Morgan fingerprint density at radius 2 is 1.94 bits per heavy atom. The van der Waals surface area contributed by atoms with Gasteiger partial charge in [-0.3, -0.25) is 14.9 Å². The van der Waals surface area contributed by atoms with E-state index in [1.54, 1.807) is 42.5 Å². The molecule has 11 nitrogen and oxygen atoms in total. The first-order chi connectivity index (χ1) is 16.9. The summed E-state index contributed by atoms with van der Waals surface area (Å²) in [4.78, 5) is 34.9. The zero-order valence-electron chi connectivity index (χ0n) is 17.8. The summed E-state index contributed by atoms with van der Waals surface area (Å²) in [6.45, 7) is -0.380. The lowest BCUT2D eigenvalue weighted by molar-refractivity contribution is -0.385. The van der Waals surface area contributed by atoms with Crippen molar-refractivity contribution in [1.82, 2.24) is 5.43 Å². The fourth-order valence-electron chi connectivity index (χ4n) is 2.96. The molecule has 1 amide bonds. The second kappa shape index (κ2) is 10.7. The summed E-state index contributed by atoms with van der Waals surface area (Å²) in [7, 11) is 0. The normalized spacial score (nSPS) is 11.8. The summed E-state index contributed by atoms with van der Waals surface area (Å²) in [5.41, 5.74) is 2.83. The van der Waals surface area contributed by atoms with Crippen LogP contribution in [0.25, 0.3) is 0 Å². The van der Waals surface area contributed by atoms with Crippen LogP contribution in [0.2, 0.25) is 0 Å². The van der Waals surface area contributed by atoms with Crippen molar-refractivity contribution >= 4 is 39.7 Å². The highest BCUT2D eigenvalue weighted by Gasteiger charge is 2.18. The van der Waals surface area contributed by atoms with E-state index in [0.29, 0.717) is 27.1 Å². The van der Waals surface area contributed by atoms with Crippen LogP contribution < -0.4 is 24.4 Å². The van der Waals surface area contributed by atoms with Gasteiger partial charge in [0.1, 0.15) is 5.75 Å². The number of amides is 1. The number of ether oxygens (including phenoxy) is 4. The maximum Gasteiger partial charge on any atom is 0.343 e. The van der Waals surface area contributed by atoms with Crippen LogP contribution in [0.4, 0.5) is 5.69 Å². The molecule has 0 spiro atoms. The Kier molecular flexibility index (Phi) is 7.21. The Labute approximate surface area is 206 Å². The van der Waals surface area contributed by atoms with Crippen molar-refractivity contribution in [1.29, 1.82) is 0 Å². The van der Waals surface area contributed by atoms with E-state index in [4.69, 9.17) is 18.9 Å². The molecule has 178 valence electrons.